The van der Waals surface area contributed by atoms with E-state index in [9.17, 15) is 15.2 Å². The van der Waals surface area contributed by atoms with Crippen LogP contribution in [-0.2, 0) is 0 Å². The number of pyridine rings is 1. The van der Waals surface area contributed by atoms with Gasteiger partial charge < -0.3 is 5.11 Å². The standard InChI is InChI=1S/C13H16N2O3/c1-13(2)6-5-12(16)10(7-13)11-4-3-9(8-14-11)15(17)18/h3-4,8,16H,5-7H2,1-2H3. The van der Waals surface area contributed by atoms with Gasteiger partial charge in [0.05, 0.1) is 16.4 Å². The second-order valence-corrected chi connectivity index (χ2v) is 5.42. The number of hydrogen-bond donors (Lipinski definition) is 1. The van der Waals surface area contributed by atoms with Gasteiger partial charge in [-0.15, -0.1) is 0 Å². The summed E-state index contributed by atoms with van der Waals surface area (Å²) in [5, 5.41) is 20.5. The molecule has 1 aliphatic rings. The van der Waals surface area contributed by atoms with Crippen molar-refractivity contribution in [1.29, 1.82) is 0 Å². The van der Waals surface area contributed by atoms with Gasteiger partial charge in [0, 0.05) is 18.1 Å². The van der Waals surface area contributed by atoms with Crippen LogP contribution < -0.4 is 0 Å². The van der Waals surface area contributed by atoms with Gasteiger partial charge in [0.25, 0.3) is 5.69 Å². The average Bonchev–Trinajstić information content (AvgIpc) is 2.32. The lowest BCUT2D eigenvalue weighted by atomic mass is 9.76. The SMILES string of the molecule is CC1(C)CCC(O)=C(c2ccc([N+](=O)[O-])cn2)C1. The van der Waals surface area contributed by atoms with Gasteiger partial charge in [-0.3, -0.25) is 10.1 Å². The van der Waals surface area contributed by atoms with Crippen molar-refractivity contribution in [2.75, 3.05) is 0 Å². The molecule has 1 aromatic heterocycles. The Morgan fingerprint density at radius 3 is 2.72 bits per heavy atom. The third kappa shape index (κ3) is 2.50. The second kappa shape index (κ2) is 4.40. The number of aliphatic hydroxyl groups is 1. The minimum Gasteiger partial charge on any atom is -0.512 e. The van der Waals surface area contributed by atoms with Crippen LogP contribution in [0.2, 0.25) is 0 Å². The molecule has 1 aromatic rings. The summed E-state index contributed by atoms with van der Waals surface area (Å²) in [5.41, 5.74) is 1.53. The molecule has 0 atom stereocenters. The zero-order valence-corrected chi connectivity index (χ0v) is 10.5. The van der Waals surface area contributed by atoms with E-state index in [1.54, 1.807) is 6.07 Å². The highest BCUT2D eigenvalue weighted by molar-refractivity contribution is 5.66. The van der Waals surface area contributed by atoms with Gasteiger partial charge in [-0.2, -0.15) is 0 Å². The van der Waals surface area contributed by atoms with Gasteiger partial charge in [-0.05, 0) is 24.3 Å². The minimum atomic E-state index is -0.476. The first-order valence-corrected chi connectivity index (χ1v) is 5.91. The van der Waals surface area contributed by atoms with E-state index in [0.717, 1.165) is 18.4 Å². The highest BCUT2D eigenvalue weighted by atomic mass is 16.6. The fourth-order valence-electron chi connectivity index (χ4n) is 2.19. The molecule has 96 valence electrons. The van der Waals surface area contributed by atoms with E-state index < -0.39 is 4.92 Å². The van der Waals surface area contributed by atoms with Crippen LogP contribution in [0.1, 0.15) is 38.8 Å². The molecule has 1 aliphatic carbocycles. The molecule has 0 saturated carbocycles. The van der Waals surface area contributed by atoms with Crippen LogP contribution in [0.5, 0.6) is 0 Å². The minimum absolute atomic E-state index is 0.0334. The Balaban J connectivity index is 2.33. The van der Waals surface area contributed by atoms with Gasteiger partial charge in [-0.1, -0.05) is 13.8 Å². The van der Waals surface area contributed by atoms with Gasteiger partial charge >= 0.3 is 0 Å². The smallest absolute Gasteiger partial charge is 0.287 e. The van der Waals surface area contributed by atoms with Crippen LogP contribution >= 0.6 is 0 Å². The van der Waals surface area contributed by atoms with Gasteiger partial charge in [0.15, 0.2) is 0 Å². The molecule has 18 heavy (non-hydrogen) atoms. The summed E-state index contributed by atoms with van der Waals surface area (Å²) in [5.74, 6) is 0.357. The summed E-state index contributed by atoms with van der Waals surface area (Å²) in [4.78, 5) is 14.2. The van der Waals surface area contributed by atoms with Crippen molar-refractivity contribution < 1.29 is 10.0 Å². The molecule has 5 nitrogen and oxygen atoms in total. The van der Waals surface area contributed by atoms with Crippen LogP contribution in [0.25, 0.3) is 5.57 Å². The van der Waals surface area contributed by atoms with E-state index in [4.69, 9.17) is 0 Å². The number of allylic oxidation sites excluding steroid dienone is 2. The number of hydrogen-bond acceptors (Lipinski definition) is 4. The number of aliphatic hydroxyl groups excluding tert-OH is 1. The second-order valence-electron chi connectivity index (χ2n) is 5.42. The summed E-state index contributed by atoms with van der Waals surface area (Å²) in [7, 11) is 0. The number of aromatic nitrogens is 1. The van der Waals surface area contributed by atoms with E-state index in [1.165, 1.54) is 12.3 Å². The summed E-state index contributed by atoms with van der Waals surface area (Å²) >= 11 is 0. The van der Waals surface area contributed by atoms with Gasteiger partial charge in [0.1, 0.15) is 6.20 Å². The van der Waals surface area contributed by atoms with Crippen LogP contribution in [0.4, 0.5) is 5.69 Å². The third-order valence-corrected chi connectivity index (χ3v) is 3.31. The molecule has 0 fully saturated rings. The summed E-state index contributed by atoms with van der Waals surface area (Å²) in [6.07, 6.45) is 3.55. The van der Waals surface area contributed by atoms with E-state index >= 15 is 0 Å². The Hall–Kier alpha value is -1.91. The molecule has 0 spiro atoms. The first-order valence-electron chi connectivity index (χ1n) is 5.91. The first-order chi connectivity index (χ1) is 8.39. The lowest BCUT2D eigenvalue weighted by Gasteiger charge is -2.30. The molecule has 0 amide bonds. The summed E-state index contributed by atoms with van der Waals surface area (Å²) in [6.45, 7) is 4.29. The summed E-state index contributed by atoms with van der Waals surface area (Å²) in [6, 6.07) is 3.02. The Morgan fingerprint density at radius 2 is 2.17 bits per heavy atom. The molecule has 2 rings (SSSR count). The topological polar surface area (TPSA) is 76.3 Å². The van der Waals surface area contributed by atoms with Gasteiger partial charge in [-0.25, -0.2) is 4.98 Å². The molecular weight excluding hydrogens is 232 g/mol. The first kappa shape index (κ1) is 12.5. The maximum absolute atomic E-state index is 10.6. The van der Waals surface area contributed by atoms with E-state index in [0.29, 0.717) is 17.9 Å². The van der Waals surface area contributed by atoms with Gasteiger partial charge in [0.2, 0.25) is 0 Å². The van der Waals surface area contributed by atoms with Crippen LogP contribution in [0, 0.1) is 15.5 Å². The van der Waals surface area contributed by atoms with Crippen LogP contribution in [-0.4, -0.2) is 15.0 Å². The maximum Gasteiger partial charge on any atom is 0.287 e. The quantitative estimate of drug-likeness (QED) is 0.642. The molecule has 5 heteroatoms. The molecule has 0 radical (unpaired) electrons. The molecule has 1 N–H and O–H groups in total. The van der Waals surface area contributed by atoms with Crippen LogP contribution in [0.15, 0.2) is 24.1 Å². The van der Waals surface area contributed by atoms with Crippen molar-refractivity contribution in [3.05, 3.63) is 39.9 Å². The van der Waals surface area contributed by atoms with Crippen molar-refractivity contribution in [1.82, 2.24) is 4.98 Å². The number of rotatable bonds is 2. The summed E-state index contributed by atoms with van der Waals surface area (Å²) < 4.78 is 0. The lowest BCUT2D eigenvalue weighted by molar-refractivity contribution is -0.385. The third-order valence-electron chi connectivity index (χ3n) is 3.31. The van der Waals surface area contributed by atoms with E-state index in [1.807, 2.05) is 0 Å². The Kier molecular flexibility index (Phi) is 3.07. The Morgan fingerprint density at radius 1 is 1.44 bits per heavy atom. The zero-order valence-electron chi connectivity index (χ0n) is 10.5. The maximum atomic E-state index is 10.6. The molecule has 0 aliphatic heterocycles. The highest BCUT2D eigenvalue weighted by Gasteiger charge is 2.28. The van der Waals surface area contributed by atoms with E-state index in [-0.39, 0.29) is 11.1 Å². The fourth-order valence-corrected chi connectivity index (χ4v) is 2.19. The largest absolute Gasteiger partial charge is 0.512 e. The van der Waals surface area contributed by atoms with Crippen molar-refractivity contribution in [3.63, 3.8) is 0 Å². The molecule has 1 heterocycles. The Labute approximate surface area is 105 Å². The lowest BCUT2D eigenvalue weighted by Crippen LogP contribution is -2.18. The van der Waals surface area contributed by atoms with E-state index in [2.05, 4.69) is 18.8 Å². The Bertz CT molecular complexity index is 503. The van der Waals surface area contributed by atoms with Crippen molar-refractivity contribution in [2.24, 2.45) is 5.41 Å². The monoisotopic (exact) mass is 248 g/mol. The number of nitrogens with zero attached hydrogens (tertiary/aromatic N) is 2. The predicted molar refractivity (Wildman–Crippen MR) is 68.1 cm³/mol. The molecule has 0 bridgehead atoms. The van der Waals surface area contributed by atoms with Crippen molar-refractivity contribution >= 4 is 11.3 Å². The molecule has 0 saturated heterocycles. The molecule has 0 unspecified atom stereocenters. The van der Waals surface area contributed by atoms with Crippen molar-refractivity contribution in [3.8, 4) is 0 Å². The molecule has 0 aromatic carbocycles. The number of nitro groups is 1. The van der Waals surface area contributed by atoms with Crippen molar-refractivity contribution in [2.45, 2.75) is 33.1 Å². The fraction of sp³-hybridized carbons (Fsp3) is 0.462. The zero-order chi connectivity index (χ0) is 13.3. The van der Waals surface area contributed by atoms with Crippen LogP contribution in [0.3, 0.4) is 0 Å². The highest BCUT2D eigenvalue weighted by Crippen LogP contribution is 2.41. The average molecular weight is 248 g/mol. The predicted octanol–water partition coefficient (Wildman–Crippen LogP) is 3.47. The normalized spacial score (nSPS) is 18.8. The molecular formula is C13H16N2O3.